The zero-order valence-corrected chi connectivity index (χ0v) is 15.6. The fraction of sp³-hybridized carbons (Fsp3) is 0.316. The molecule has 1 aromatic heterocycles. The van der Waals surface area contributed by atoms with Crippen LogP contribution in [0.1, 0.15) is 19.5 Å². The molecule has 0 spiro atoms. The number of hydrogen-bond acceptors (Lipinski definition) is 3. The van der Waals surface area contributed by atoms with Gasteiger partial charge in [0.1, 0.15) is 11.4 Å². The minimum Gasteiger partial charge on any atom is -0.412 e. The number of nitrogens with zero attached hydrogens (tertiary/aromatic N) is 3. The summed E-state index contributed by atoms with van der Waals surface area (Å²) in [7, 11) is 2.13. The molecule has 0 bridgehead atoms. The van der Waals surface area contributed by atoms with Gasteiger partial charge in [0.15, 0.2) is 5.84 Å². The number of fused-ring (bicyclic) bond motifs is 1. The third-order valence-electron chi connectivity index (χ3n) is 4.46. The van der Waals surface area contributed by atoms with E-state index in [2.05, 4.69) is 84.2 Å². The first-order valence-corrected chi connectivity index (χ1v) is 8.09. The second-order valence-corrected chi connectivity index (χ2v) is 6.71. The smallest absolute Gasteiger partial charge is 0.152 e. The van der Waals surface area contributed by atoms with Crippen molar-refractivity contribution in [1.82, 2.24) is 9.47 Å². The molecule has 0 saturated carbocycles. The van der Waals surface area contributed by atoms with Crippen LogP contribution in [0.3, 0.4) is 0 Å². The summed E-state index contributed by atoms with van der Waals surface area (Å²) in [5.41, 5.74) is 4.48. The molecule has 0 aliphatic carbocycles. The van der Waals surface area contributed by atoms with Gasteiger partial charge in [0, 0.05) is 20.1 Å². The first kappa shape index (κ1) is 19.1. The highest BCUT2D eigenvalue weighted by atomic mass is 35.5. The zero-order chi connectivity index (χ0) is 16.0. The molecular formula is C19H25ClN4O. The highest BCUT2D eigenvalue weighted by Crippen LogP contribution is 2.35. The largest absolute Gasteiger partial charge is 0.412 e. The molecule has 0 saturated heterocycles. The zero-order valence-electron chi connectivity index (χ0n) is 14.8. The van der Waals surface area contributed by atoms with Crippen molar-refractivity contribution in [2.75, 3.05) is 18.4 Å². The number of aromatic nitrogens is 1. The molecule has 2 aliphatic heterocycles. The Balaban J connectivity index is 0.00000113. The maximum atomic E-state index is 4.98. The number of rotatable bonds is 1. The van der Waals surface area contributed by atoms with Crippen molar-refractivity contribution in [3.8, 4) is 11.3 Å². The molecule has 3 heterocycles. The minimum atomic E-state index is -0.291. The summed E-state index contributed by atoms with van der Waals surface area (Å²) in [4.78, 5) is 7.31. The van der Waals surface area contributed by atoms with E-state index >= 15 is 0 Å². The summed E-state index contributed by atoms with van der Waals surface area (Å²) < 4.78 is 2.25. The van der Waals surface area contributed by atoms with Gasteiger partial charge in [-0.25, -0.2) is 4.99 Å². The molecular weight excluding hydrogens is 336 g/mol. The van der Waals surface area contributed by atoms with Crippen LogP contribution in [-0.4, -0.2) is 39.5 Å². The van der Waals surface area contributed by atoms with Gasteiger partial charge in [0.25, 0.3) is 0 Å². The number of benzene rings is 1. The Morgan fingerprint density at radius 2 is 1.72 bits per heavy atom. The quantitative estimate of drug-likeness (QED) is 0.794. The molecule has 2 aliphatic rings. The Labute approximate surface area is 154 Å². The SMILES string of the molecule is Cl.Cn1c(-c2ccccc2)cc2c1C(N1CC=CC1)=NC(C)(C)N2.O. The molecule has 5 nitrogen and oxygen atoms in total. The number of anilines is 1. The van der Waals surface area contributed by atoms with E-state index in [1.54, 1.807) is 0 Å². The summed E-state index contributed by atoms with van der Waals surface area (Å²) in [6.07, 6.45) is 4.41. The fourth-order valence-electron chi connectivity index (χ4n) is 3.40. The van der Waals surface area contributed by atoms with Crippen LogP contribution in [0.2, 0.25) is 0 Å². The second-order valence-electron chi connectivity index (χ2n) is 6.71. The first-order chi connectivity index (χ1) is 11.1. The van der Waals surface area contributed by atoms with Crippen molar-refractivity contribution in [3.05, 3.63) is 54.2 Å². The maximum Gasteiger partial charge on any atom is 0.152 e. The summed E-state index contributed by atoms with van der Waals surface area (Å²) >= 11 is 0. The van der Waals surface area contributed by atoms with Crippen LogP contribution in [0.5, 0.6) is 0 Å². The number of amidine groups is 1. The predicted octanol–water partition coefficient (Wildman–Crippen LogP) is 3.07. The van der Waals surface area contributed by atoms with E-state index < -0.39 is 0 Å². The molecule has 25 heavy (non-hydrogen) atoms. The molecule has 6 heteroatoms. The molecule has 0 radical (unpaired) electrons. The molecule has 3 N–H and O–H groups in total. The fourth-order valence-corrected chi connectivity index (χ4v) is 3.40. The molecule has 2 aromatic rings. The molecule has 1 aromatic carbocycles. The molecule has 0 atom stereocenters. The average Bonchev–Trinajstić information content (AvgIpc) is 3.15. The van der Waals surface area contributed by atoms with Gasteiger partial charge in [-0.15, -0.1) is 12.4 Å². The molecule has 134 valence electrons. The van der Waals surface area contributed by atoms with Gasteiger partial charge in [0.05, 0.1) is 11.4 Å². The average molecular weight is 361 g/mol. The van der Waals surface area contributed by atoms with Crippen LogP contribution < -0.4 is 5.32 Å². The first-order valence-electron chi connectivity index (χ1n) is 8.09. The van der Waals surface area contributed by atoms with Crippen molar-refractivity contribution < 1.29 is 5.48 Å². The molecule has 0 unspecified atom stereocenters. The third-order valence-corrected chi connectivity index (χ3v) is 4.46. The van der Waals surface area contributed by atoms with Crippen LogP contribution in [0.4, 0.5) is 5.69 Å². The Kier molecular flexibility index (Phi) is 5.30. The van der Waals surface area contributed by atoms with Crippen LogP contribution >= 0.6 is 12.4 Å². The van der Waals surface area contributed by atoms with Crippen LogP contribution in [-0.2, 0) is 7.05 Å². The van der Waals surface area contributed by atoms with Gasteiger partial charge in [-0.3, -0.25) is 0 Å². The predicted molar refractivity (Wildman–Crippen MR) is 107 cm³/mol. The maximum absolute atomic E-state index is 4.98. The number of nitrogens with one attached hydrogen (secondary N) is 1. The highest BCUT2D eigenvalue weighted by molar-refractivity contribution is 6.05. The summed E-state index contributed by atoms with van der Waals surface area (Å²) in [6, 6.07) is 12.8. The van der Waals surface area contributed by atoms with Gasteiger partial charge >= 0.3 is 0 Å². The number of hydrogen-bond donors (Lipinski definition) is 1. The van der Waals surface area contributed by atoms with E-state index in [9.17, 15) is 0 Å². The van der Waals surface area contributed by atoms with E-state index in [1.807, 2.05) is 0 Å². The van der Waals surface area contributed by atoms with E-state index in [-0.39, 0.29) is 23.5 Å². The van der Waals surface area contributed by atoms with Crippen molar-refractivity contribution >= 4 is 23.9 Å². The molecule has 0 fully saturated rings. The molecule has 4 rings (SSSR count). The monoisotopic (exact) mass is 360 g/mol. The van der Waals surface area contributed by atoms with Crippen LogP contribution in [0, 0.1) is 0 Å². The van der Waals surface area contributed by atoms with Crippen LogP contribution in [0.25, 0.3) is 11.3 Å². The third kappa shape index (κ3) is 3.30. The number of aliphatic imine (C=N–C) groups is 1. The summed E-state index contributed by atoms with van der Waals surface area (Å²) in [5, 5.41) is 3.57. The van der Waals surface area contributed by atoms with Crippen molar-refractivity contribution in [2.45, 2.75) is 19.5 Å². The van der Waals surface area contributed by atoms with Gasteiger partial charge in [0.2, 0.25) is 0 Å². The Hall–Kier alpha value is -2.24. The van der Waals surface area contributed by atoms with Gasteiger partial charge in [-0.05, 0) is 25.5 Å². The van der Waals surface area contributed by atoms with Gasteiger partial charge in [-0.1, -0.05) is 42.5 Å². The Morgan fingerprint density at radius 1 is 1.08 bits per heavy atom. The summed E-state index contributed by atoms with van der Waals surface area (Å²) in [6.45, 7) is 6.10. The normalized spacial score (nSPS) is 17.1. The van der Waals surface area contributed by atoms with Gasteiger partial charge in [-0.2, -0.15) is 0 Å². The Bertz CT molecular complexity index is 800. The Morgan fingerprint density at radius 3 is 2.36 bits per heavy atom. The van der Waals surface area contributed by atoms with E-state index in [0.717, 1.165) is 24.6 Å². The topological polar surface area (TPSA) is 64.1 Å². The van der Waals surface area contributed by atoms with Crippen molar-refractivity contribution in [3.63, 3.8) is 0 Å². The van der Waals surface area contributed by atoms with Gasteiger partial charge < -0.3 is 20.3 Å². The van der Waals surface area contributed by atoms with Crippen molar-refractivity contribution in [2.24, 2.45) is 12.0 Å². The van der Waals surface area contributed by atoms with E-state index in [0.29, 0.717) is 0 Å². The number of halogens is 1. The lowest BCUT2D eigenvalue weighted by Gasteiger charge is -2.33. The lowest BCUT2D eigenvalue weighted by Crippen LogP contribution is -2.41. The summed E-state index contributed by atoms with van der Waals surface area (Å²) in [5.74, 6) is 1.08. The molecule has 0 amide bonds. The minimum absolute atomic E-state index is 0. The highest BCUT2D eigenvalue weighted by Gasteiger charge is 2.32. The lowest BCUT2D eigenvalue weighted by molar-refractivity contribution is 0.504. The standard InChI is InChI=1S/C19H22N4.ClH.H2O/c1-19(2)20-15-13-16(14-9-5-4-6-10-14)22(3)17(15)18(21-19)23-11-7-8-12-23;;/h4-10,13,20H,11-12H2,1-3H3;1H;1H2. The van der Waals surface area contributed by atoms with Crippen molar-refractivity contribution in [1.29, 1.82) is 0 Å². The van der Waals surface area contributed by atoms with E-state index in [1.165, 1.54) is 17.0 Å². The second kappa shape index (κ2) is 6.94. The van der Waals surface area contributed by atoms with E-state index in [4.69, 9.17) is 4.99 Å². The lowest BCUT2D eigenvalue weighted by atomic mass is 10.1. The van der Waals surface area contributed by atoms with Crippen LogP contribution in [0.15, 0.2) is 53.5 Å².